The maximum Gasteiger partial charge on any atom is 0.0546 e. The Morgan fingerprint density at radius 2 is 0.770 bits per heavy atom. The van der Waals surface area contributed by atoms with Crippen molar-refractivity contribution in [3.05, 3.63) is 235 Å². The lowest BCUT2D eigenvalue weighted by atomic mass is 9.81. The predicted molar refractivity (Wildman–Crippen MR) is 258 cm³/mol. The van der Waals surface area contributed by atoms with Crippen molar-refractivity contribution in [2.45, 2.75) is 38.5 Å². The van der Waals surface area contributed by atoms with Crippen molar-refractivity contribution in [1.29, 1.82) is 0 Å². The van der Waals surface area contributed by atoms with E-state index < -0.39 is 0 Å². The molecule has 11 rings (SSSR count). The second-order valence-electron chi connectivity index (χ2n) is 17.7. The zero-order valence-electron chi connectivity index (χ0n) is 35.2. The molecule has 0 radical (unpaired) electrons. The van der Waals surface area contributed by atoms with Gasteiger partial charge in [0.1, 0.15) is 0 Å². The fraction of sp³-hybridized carbons (Fsp3) is 0.100. The van der Waals surface area contributed by atoms with Crippen LogP contribution in [0.25, 0.3) is 66.8 Å². The van der Waals surface area contributed by atoms with Crippen LogP contribution in [0.2, 0.25) is 0 Å². The molecule has 0 atom stereocenters. The molecule has 0 fully saturated rings. The molecule has 0 saturated heterocycles. The number of benzene rings is 9. The van der Waals surface area contributed by atoms with E-state index in [1.54, 1.807) is 0 Å². The lowest BCUT2D eigenvalue weighted by Crippen LogP contribution is -2.21. The molecule has 1 nitrogen and oxygen atoms in total. The maximum absolute atomic E-state index is 2.56. The lowest BCUT2D eigenvalue weighted by molar-refractivity contribution is 0.660. The summed E-state index contributed by atoms with van der Waals surface area (Å²) in [7, 11) is 0. The molecule has 0 heterocycles. The molecule has 9 aromatic rings. The summed E-state index contributed by atoms with van der Waals surface area (Å²) >= 11 is 0. The van der Waals surface area contributed by atoms with Crippen LogP contribution in [0.15, 0.2) is 212 Å². The summed E-state index contributed by atoms with van der Waals surface area (Å²) in [4.78, 5) is 2.56. The third-order valence-corrected chi connectivity index (χ3v) is 13.5. The van der Waals surface area contributed by atoms with Crippen molar-refractivity contribution < 1.29 is 0 Å². The summed E-state index contributed by atoms with van der Waals surface area (Å²) in [5.41, 5.74) is 23.4. The Bertz CT molecular complexity index is 3130. The van der Waals surface area contributed by atoms with E-state index in [0.717, 1.165) is 11.4 Å². The minimum atomic E-state index is -0.238. The van der Waals surface area contributed by atoms with Crippen molar-refractivity contribution in [2.75, 3.05) is 4.90 Å². The van der Waals surface area contributed by atoms with E-state index in [-0.39, 0.29) is 10.8 Å². The third-order valence-electron chi connectivity index (χ3n) is 13.5. The standard InChI is InChI=1S/C60H47N/c1-59(2)52-32-15-13-27-47(52)49-37-36-43(39-54(49)59)42-24-17-25-44(38-42)61(56-35-19-31-51-48-28-14-16-33-53(48)60(3,4)58(51)56)55-34-18-30-46(41-22-9-6-10-23-41)57(55)50-29-12-11-26-45(50)40-20-7-5-8-21-40/h5-39H,1-4H3. The van der Waals surface area contributed by atoms with Gasteiger partial charge < -0.3 is 4.90 Å². The van der Waals surface area contributed by atoms with Crippen molar-refractivity contribution in [3.8, 4) is 66.8 Å². The highest BCUT2D eigenvalue weighted by Gasteiger charge is 2.39. The first-order valence-corrected chi connectivity index (χ1v) is 21.5. The van der Waals surface area contributed by atoms with E-state index in [4.69, 9.17) is 0 Å². The molecule has 0 aliphatic heterocycles. The Balaban J connectivity index is 1.19. The van der Waals surface area contributed by atoms with Crippen molar-refractivity contribution in [2.24, 2.45) is 0 Å². The van der Waals surface area contributed by atoms with Gasteiger partial charge in [-0.2, -0.15) is 0 Å². The van der Waals surface area contributed by atoms with Crippen LogP contribution in [0.4, 0.5) is 17.1 Å². The fourth-order valence-corrected chi connectivity index (χ4v) is 10.6. The molecule has 9 aromatic carbocycles. The molecule has 0 bridgehead atoms. The van der Waals surface area contributed by atoms with Gasteiger partial charge in [-0.15, -0.1) is 0 Å². The molecule has 2 aliphatic rings. The molecule has 0 spiro atoms. The molecular weight excluding hydrogens is 735 g/mol. The molecule has 0 N–H and O–H groups in total. The number of hydrogen-bond acceptors (Lipinski definition) is 1. The van der Waals surface area contributed by atoms with E-state index in [1.807, 2.05) is 0 Å². The number of hydrogen-bond donors (Lipinski definition) is 0. The second kappa shape index (κ2) is 14.2. The van der Waals surface area contributed by atoms with E-state index in [0.29, 0.717) is 0 Å². The van der Waals surface area contributed by atoms with Crippen LogP contribution in [-0.4, -0.2) is 0 Å². The highest BCUT2D eigenvalue weighted by atomic mass is 15.1. The lowest BCUT2D eigenvalue weighted by Gasteiger charge is -2.34. The largest absolute Gasteiger partial charge is 0.309 e. The van der Waals surface area contributed by atoms with E-state index in [1.165, 1.54) is 94.7 Å². The molecule has 0 saturated carbocycles. The van der Waals surface area contributed by atoms with Crippen LogP contribution in [0, 0.1) is 0 Å². The highest BCUT2D eigenvalue weighted by molar-refractivity contribution is 6.02. The Labute approximate surface area is 360 Å². The first-order chi connectivity index (χ1) is 29.8. The molecule has 0 unspecified atom stereocenters. The Hall–Kier alpha value is -7.22. The molecule has 0 aromatic heterocycles. The molecule has 292 valence electrons. The fourth-order valence-electron chi connectivity index (χ4n) is 10.6. The normalized spacial score (nSPS) is 13.8. The van der Waals surface area contributed by atoms with Crippen LogP contribution < -0.4 is 4.90 Å². The first kappa shape index (κ1) is 36.8. The quantitative estimate of drug-likeness (QED) is 0.156. The zero-order valence-corrected chi connectivity index (χ0v) is 35.2. The van der Waals surface area contributed by atoms with Crippen LogP contribution in [0.5, 0.6) is 0 Å². The van der Waals surface area contributed by atoms with E-state index in [2.05, 4.69) is 245 Å². The van der Waals surface area contributed by atoms with Gasteiger partial charge in [-0.1, -0.05) is 210 Å². The molecule has 2 aliphatic carbocycles. The van der Waals surface area contributed by atoms with Gasteiger partial charge in [-0.05, 0) is 114 Å². The molecule has 1 heteroatoms. The number of nitrogens with zero attached hydrogens (tertiary/aromatic N) is 1. The number of fused-ring (bicyclic) bond motifs is 6. The number of rotatable bonds is 7. The van der Waals surface area contributed by atoms with Gasteiger partial charge in [0, 0.05) is 22.1 Å². The smallest absolute Gasteiger partial charge is 0.0546 e. The summed E-state index contributed by atoms with van der Waals surface area (Å²) in [6, 6.07) is 78.6. The summed E-state index contributed by atoms with van der Waals surface area (Å²) in [5, 5.41) is 0. The summed E-state index contributed by atoms with van der Waals surface area (Å²) < 4.78 is 0. The molecular formula is C60H47N. The maximum atomic E-state index is 2.56. The van der Waals surface area contributed by atoms with Gasteiger partial charge >= 0.3 is 0 Å². The number of anilines is 3. The third kappa shape index (κ3) is 5.83. The Morgan fingerprint density at radius 1 is 0.295 bits per heavy atom. The first-order valence-electron chi connectivity index (χ1n) is 21.5. The van der Waals surface area contributed by atoms with Gasteiger partial charge in [-0.3, -0.25) is 0 Å². The molecule has 0 amide bonds. The van der Waals surface area contributed by atoms with Crippen LogP contribution in [-0.2, 0) is 10.8 Å². The minimum absolute atomic E-state index is 0.0876. The topological polar surface area (TPSA) is 3.24 Å². The van der Waals surface area contributed by atoms with Gasteiger partial charge in [0.25, 0.3) is 0 Å². The van der Waals surface area contributed by atoms with Crippen molar-refractivity contribution in [1.82, 2.24) is 0 Å². The van der Waals surface area contributed by atoms with E-state index in [9.17, 15) is 0 Å². The highest BCUT2D eigenvalue weighted by Crippen LogP contribution is 2.56. The van der Waals surface area contributed by atoms with Gasteiger partial charge in [0.05, 0.1) is 11.4 Å². The average Bonchev–Trinajstić information content (AvgIpc) is 3.69. The molecule has 61 heavy (non-hydrogen) atoms. The predicted octanol–water partition coefficient (Wildman–Crippen LogP) is 16.4. The van der Waals surface area contributed by atoms with Gasteiger partial charge in [-0.25, -0.2) is 0 Å². The van der Waals surface area contributed by atoms with Crippen molar-refractivity contribution in [3.63, 3.8) is 0 Å². The minimum Gasteiger partial charge on any atom is -0.309 e. The summed E-state index contributed by atoms with van der Waals surface area (Å²) in [6.45, 7) is 9.52. The Kier molecular flexibility index (Phi) is 8.58. The SMILES string of the molecule is CC1(C)c2ccccc2-c2ccc(-c3cccc(N(c4cccc(-c5ccccc5)c4-c4ccccc4-c4ccccc4)c4cccc5c4C(C)(C)c4ccccc4-5)c3)cc21. The Morgan fingerprint density at radius 3 is 1.48 bits per heavy atom. The van der Waals surface area contributed by atoms with E-state index >= 15 is 0 Å². The summed E-state index contributed by atoms with van der Waals surface area (Å²) in [5.74, 6) is 0. The van der Waals surface area contributed by atoms with Gasteiger partial charge in [0.2, 0.25) is 0 Å². The van der Waals surface area contributed by atoms with Crippen LogP contribution >= 0.6 is 0 Å². The summed E-state index contributed by atoms with van der Waals surface area (Å²) in [6.07, 6.45) is 0. The monoisotopic (exact) mass is 781 g/mol. The van der Waals surface area contributed by atoms with Crippen molar-refractivity contribution >= 4 is 17.1 Å². The van der Waals surface area contributed by atoms with Crippen LogP contribution in [0.3, 0.4) is 0 Å². The van der Waals surface area contributed by atoms with Gasteiger partial charge in [0.15, 0.2) is 0 Å². The van der Waals surface area contributed by atoms with Crippen LogP contribution in [0.1, 0.15) is 49.9 Å². The second-order valence-corrected chi connectivity index (χ2v) is 17.7. The zero-order chi connectivity index (χ0) is 41.3. The average molecular weight is 782 g/mol.